The highest BCUT2D eigenvalue weighted by Gasteiger charge is 2.47. The Morgan fingerprint density at radius 2 is 0.512 bits per heavy atom. The molecule has 0 atom stereocenters. The van der Waals surface area contributed by atoms with E-state index in [1.54, 1.807) is 0 Å². The van der Waals surface area contributed by atoms with Gasteiger partial charge in [0.05, 0.1) is 0 Å². The van der Waals surface area contributed by atoms with Crippen molar-refractivity contribution < 1.29 is 8.23 Å². The molecule has 0 aliphatic heterocycles. The minimum Gasteiger partial charge on any atom is -0.424 e. The van der Waals surface area contributed by atoms with Crippen LogP contribution in [0, 0.1) is 0 Å². The Morgan fingerprint density at radius 3 is 0.756 bits per heavy atom. The van der Waals surface area contributed by atoms with Gasteiger partial charge in [0.25, 0.3) is 0 Å². The lowest BCUT2D eigenvalue weighted by molar-refractivity contribution is 0.443. The van der Waals surface area contributed by atoms with E-state index in [0.717, 1.165) is 10.4 Å². The summed E-state index contributed by atoms with van der Waals surface area (Å²) in [6, 6.07) is 64.2. The van der Waals surface area contributed by atoms with Crippen LogP contribution < -0.4 is 31.1 Å². The van der Waals surface area contributed by atoms with Crippen molar-refractivity contribution in [3.8, 4) is 0 Å². The molecule has 0 radical (unpaired) electrons. The minimum atomic E-state index is -3.28. The Labute approximate surface area is 247 Å². The molecule has 2 nitrogen and oxygen atoms in total. The second-order valence-electron chi connectivity index (χ2n) is 9.99. The molecule has 6 rings (SSSR count). The summed E-state index contributed by atoms with van der Waals surface area (Å²) in [5.41, 5.74) is 0. The van der Waals surface area contributed by atoms with Gasteiger partial charge in [0.2, 0.25) is 18.1 Å². The predicted octanol–water partition coefficient (Wildman–Crippen LogP) is 3.35. The molecule has 0 fully saturated rings. The molecule has 41 heavy (non-hydrogen) atoms. The number of hydrogen-bond donors (Lipinski definition) is 0. The number of rotatable bonds is 10. The monoisotopic (exact) mass is 580 g/mol. The second-order valence-corrected chi connectivity index (χ2v) is 18.4. The molecule has 5 heteroatoms. The maximum atomic E-state index is 7.75. The third-order valence-electron chi connectivity index (χ3n) is 7.28. The van der Waals surface area contributed by atoms with Crippen LogP contribution in [0.3, 0.4) is 0 Å². The van der Waals surface area contributed by atoms with Crippen molar-refractivity contribution >= 4 is 57.8 Å². The van der Waals surface area contributed by atoms with Crippen molar-refractivity contribution in [3.63, 3.8) is 0 Å². The molecule has 0 spiro atoms. The number of benzene rings is 6. The molecule has 0 amide bonds. The van der Waals surface area contributed by atoms with Crippen LogP contribution in [-0.2, 0) is 8.23 Å². The molecule has 0 heterocycles. The van der Waals surface area contributed by atoms with E-state index in [-0.39, 0.29) is 0 Å². The fraction of sp³-hybridized carbons (Fsp3) is 0. The molecule has 0 aromatic heterocycles. The van der Waals surface area contributed by atoms with Crippen LogP contribution in [-0.4, -0.2) is 26.6 Å². The Hall–Kier alpha value is -4.11. The summed E-state index contributed by atoms with van der Waals surface area (Å²) in [5.74, 6) is 0. The van der Waals surface area contributed by atoms with Gasteiger partial charge in [0, 0.05) is 0 Å². The lowest BCUT2D eigenvalue weighted by Crippen LogP contribution is -2.72. The van der Waals surface area contributed by atoms with Crippen LogP contribution in [0.4, 0.5) is 0 Å². The van der Waals surface area contributed by atoms with Gasteiger partial charge in [-0.15, -0.1) is 0 Å². The Balaban J connectivity index is 1.59. The van der Waals surface area contributed by atoms with E-state index >= 15 is 0 Å². The zero-order chi connectivity index (χ0) is 27.7. The van der Waals surface area contributed by atoms with Gasteiger partial charge in [0.15, 0.2) is 0 Å². The van der Waals surface area contributed by atoms with Crippen molar-refractivity contribution in [1.29, 1.82) is 0 Å². The van der Waals surface area contributed by atoms with Crippen molar-refractivity contribution in [3.05, 3.63) is 182 Å². The van der Waals surface area contributed by atoms with Crippen molar-refractivity contribution in [2.45, 2.75) is 0 Å². The van der Waals surface area contributed by atoms with Gasteiger partial charge in [-0.2, -0.15) is 0 Å². The average molecular weight is 581 g/mol. The summed E-state index contributed by atoms with van der Waals surface area (Å²) in [6.07, 6.45) is 0. The topological polar surface area (TPSA) is 18.5 Å². The first-order valence-electron chi connectivity index (χ1n) is 14.0. The molecule has 0 unspecified atom stereocenters. The third kappa shape index (κ3) is 6.15. The van der Waals surface area contributed by atoms with Crippen LogP contribution in [0.5, 0.6) is 0 Å². The van der Waals surface area contributed by atoms with Gasteiger partial charge in [-0.05, 0) is 31.1 Å². The highest BCUT2D eigenvalue weighted by molar-refractivity contribution is 7.04. The van der Waals surface area contributed by atoms with Gasteiger partial charge in [-0.25, -0.2) is 0 Å². The molecule has 6 aromatic carbocycles. The van der Waals surface area contributed by atoms with E-state index in [1.165, 1.54) is 20.7 Å². The second kappa shape index (κ2) is 13.0. The summed E-state index contributed by atoms with van der Waals surface area (Å²) in [7, 11) is -7.69. The van der Waals surface area contributed by atoms with Crippen LogP contribution in [0.15, 0.2) is 182 Å². The molecular weight excluding hydrogens is 549 g/mol. The van der Waals surface area contributed by atoms with E-state index < -0.39 is 26.6 Å². The van der Waals surface area contributed by atoms with E-state index in [1.807, 2.05) is 0 Å². The maximum Gasteiger partial charge on any atom is 0.387 e. The van der Waals surface area contributed by atoms with Crippen molar-refractivity contribution in [2.75, 3.05) is 0 Å². The zero-order valence-electron chi connectivity index (χ0n) is 22.8. The summed E-state index contributed by atoms with van der Waals surface area (Å²) in [6.45, 7) is 0. The Kier molecular flexibility index (Phi) is 8.61. The lowest BCUT2D eigenvalue weighted by Gasteiger charge is -2.38. The van der Waals surface area contributed by atoms with Crippen LogP contribution in [0.1, 0.15) is 0 Å². The van der Waals surface area contributed by atoms with Gasteiger partial charge >= 0.3 is 8.56 Å². The smallest absolute Gasteiger partial charge is 0.387 e. The molecule has 0 aliphatic carbocycles. The highest BCUT2D eigenvalue weighted by Crippen LogP contribution is 2.15. The molecule has 0 saturated carbocycles. The largest absolute Gasteiger partial charge is 0.424 e. The minimum absolute atomic E-state index is 1.12. The zero-order valence-corrected chi connectivity index (χ0v) is 26.1. The van der Waals surface area contributed by atoms with Crippen molar-refractivity contribution in [2.24, 2.45) is 0 Å². The fourth-order valence-corrected chi connectivity index (χ4v) is 17.7. The average Bonchev–Trinajstić information content (AvgIpc) is 3.07. The lowest BCUT2D eigenvalue weighted by atomic mass is 10.4. The predicted molar refractivity (Wildman–Crippen MR) is 179 cm³/mol. The van der Waals surface area contributed by atoms with Gasteiger partial charge in [-0.3, -0.25) is 0 Å². The van der Waals surface area contributed by atoms with Crippen molar-refractivity contribution in [1.82, 2.24) is 0 Å². The Bertz CT molecular complexity index is 1410. The Morgan fingerprint density at radius 1 is 0.293 bits per heavy atom. The summed E-state index contributed by atoms with van der Waals surface area (Å²) in [5, 5.41) is 7.21. The molecule has 0 saturated heterocycles. The maximum absolute atomic E-state index is 7.75. The van der Waals surface area contributed by atoms with E-state index in [4.69, 9.17) is 8.23 Å². The summed E-state index contributed by atoms with van der Waals surface area (Å²) in [4.78, 5) is 0. The third-order valence-corrected chi connectivity index (χ3v) is 18.0. The van der Waals surface area contributed by atoms with E-state index in [9.17, 15) is 0 Å². The standard InChI is InChI=1S/C36H32O2Si3/c1-7-19-31(20-8-1)39(32-21-9-2-10-22-32)37-41(35-27-15-5-16-28-35,36-29-17-6-18-30-36)38-40(33-23-11-3-12-24-33)34-25-13-4-14-26-34/h1-30,39-40H. The van der Waals surface area contributed by atoms with Crippen LogP contribution >= 0.6 is 0 Å². The quantitative estimate of drug-likeness (QED) is 0.232. The number of hydrogen-bond acceptors (Lipinski definition) is 2. The molecule has 0 aliphatic rings. The normalized spacial score (nSPS) is 11.6. The van der Waals surface area contributed by atoms with E-state index in [2.05, 4.69) is 182 Å². The fourth-order valence-electron chi connectivity index (χ4n) is 5.28. The molecule has 6 aromatic rings. The molecular formula is C36H32O2Si3. The summed E-state index contributed by atoms with van der Waals surface area (Å²) >= 11 is 0. The first-order valence-corrected chi connectivity index (χ1v) is 19.1. The van der Waals surface area contributed by atoms with Gasteiger partial charge in [0.1, 0.15) is 0 Å². The summed E-state index contributed by atoms with van der Waals surface area (Å²) < 4.78 is 15.5. The molecule has 0 bridgehead atoms. The first kappa shape index (κ1) is 27.1. The van der Waals surface area contributed by atoms with Gasteiger partial charge in [-0.1, -0.05) is 182 Å². The van der Waals surface area contributed by atoms with Crippen LogP contribution in [0.25, 0.3) is 0 Å². The first-order chi connectivity index (χ1) is 20.3. The van der Waals surface area contributed by atoms with E-state index in [0.29, 0.717) is 0 Å². The van der Waals surface area contributed by atoms with Crippen LogP contribution in [0.2, 0.25) is 0 Å². The molecule has 200 valence electrons. The molecule has 0 N–H and O–H groups in total. The SMILES string of the molecule is c1ccc([SiH](O[Si](O[SiH](c2ccccc2)c2ccccc2)(c2ccccc2)c2ccccc2)c2ccccc2)cc1. The highest BCUT2D eigenvalue weighted by atomic mass is 28.5. The van der Waals surface area contributed by atoms with Gasteiger partial charge < -0.3 is 8.23 Å².